The van der Waals surface area contributed by atoms with E-state index in [1.807, 2.05) is 0 Å². The number of allylic oxidation sites excluding steroid dienone is 2. The third kappa shape index (κ3) is 11.2. The molecule has 212 valence electrons. The number of benzene rings is 2. The van der Waals surface area contributed by atoms with Crippen molar-refractivity contribution in [1.82, 2.24) is 9.78 Å². The normalized spacial score (nSPS) is 13.7. The quantitative estimate of drug-likeness (QED) is 0.128. The van der Waals surface area contributed by atoms with Crippen LogP contribution in [0.5, 0.6) is 0 Å². The second-order valence-electron chi connectivity index (χ2n) is 8.02. The smallest absolute Gasteiger partial charge is 0.744 e. The number of aliphatic carboxylic acids is 1. The number of nitrogens with one attached hydrogen (secondary N) is 1. The second kappa shape index (κ2) is 19.1. The zero-order valence-electron chi connectivity index (χ0n) is 23.9. The summed E-state index contributed by atoms with van der Waals surface area (Å²) in [6, 6.07) is 7.74. The van der Waals surface area contributed by atoms with E-state index >= 15 is 0 Å². The van der Waals surface area contributed by atoms with Crippen molar-refractivity contribution in [2.45, 2.75) is 9.79 Å². The molecule has 1 aromatic heterocycles. The molecule has 3 aromatic rings. The van der Waals surface area contributed by atoms with Crippen molar-refractivity contribution in [3.8, 4) is 5.69 Å². The summed E-state index contributed by atoms with van der Waals surface area (Å²) in [5.74, 6) is -4.72. The molecule has 22 heteroatoms. The van der Waals surface area contributed by atoms with Crippen LogP contribution in [0.2, 0.25) is 0 Å². The van der Waals surface area contributed by atoms with Gasteiger partial charge in [-0.1, -0.05) is 6.08 Å². The Labute approximate surface area is 424 Å². The van der Waals surface area contributed by atoms with Gasteiger partial charge in [0.15, 0.2) is 0 Å². The molecular formula is C23H12K4N4O12S2. The predicted molar refractivity (Wildman–Crippen MR) is 130 cm³/mol. The molecule has 2 heterocycles. The van der Waals surface area contributed by atoms with Gasteiger partial charge in [0.25, 0.3) is 11.5 Å². The van der Waals surface area contributed by atoms with E-state index < -0.39 is 76.0 Å². The molecule has 0 saturated carbocycles. The number of hydrogen-bond donors (Lipinski definition) is 1. The summed E-state index contributed by atoms with van der Waals surface area (Å²) in [5, 5.41) is 29.7. The first-order valence-corrected chi connectivity index (χ1v) is 13.6. The number of aromatic carboxylic acids is 1. The van der Waals surface area contributed by atoms with Gasteiger partial charge in [0, 0.05) is 0 Å². The van der Waals surface area contributed by atoms with Gasteiger partial charge in [0.1, 0.15) is 25.9 Å². The second-order valence-corrected chi connectivity index (χ2v) is 10.8. The molecule has 0 bridgehead atoms. The van der Waals surface area contributed by atoms with Crippen molar-refractivity contribution >= 4 is 55.6 Å². The van der Waals surface area contributed by atoms with Crippen molar-refractivity contribution < 1.29 is 256 Å². The fourth-order valence-electron chi connectivity index (χ4n) is 3.59. The van der Waals surface area contributed by atoms with Crippen molar-refractivity contribution in [2.75, 3.05) is 5.01 Å². The minimum Gasteiger partial charge on any atom is -0.744 e. The number of hydrazone groups is 1. The van der Waals surface area contributed by atoms with Crippen LogP contribution in [0.4, 0.5) is 5.69 Å². The number of H-pyrrole nitrogens is 1. The summed E-state index contributed by atoms with van der Waals surface area (Å²) < 4.78 is 67.4. The van der Waals surface area contributed by atoms with Gasteiger partial charge in [-0.25, -0.2) is 21.5 Å². The molecule has 1 N–H and O–H groups in total. The van der Waals surface area contributed by atoms with E-state index in [1.54, 1.807) is 0 Å². The van der Waals surface area contributed by atoms with Crippen molar-refractivity contribution in [1.29, 1.82) is 0 Å². The van der Waals surface area contributed by atoms with Crippen molar-refractivity contribution in [3.63, 3.8) is 0 Å². The number of rotatable bonds is 8. The Morgan fingerprint density at radius 2 is 1.22 bits per heavy atom. The van der Waals surface area contributed by atoms with Crippen LogP contribution in [0.1, 0.15) is 16.1 Å². The van der Waals surface area contributed by atoms with E-state index in [0.29, 0.717) is 9.69 Å². The summed E-state index contributed by atoms with van der Waals surface area (Å²) in [7, 11) is -9.58. The average Bonchev–Trinajstić information content (AvgIpc) is 3.40. The van der Waals surface area contributed by atoms with Gasteiger partial charge in [-0.15, -0.1) is 0 Å². The van der Waals surface area contributed by atoms with Crippen molar-refractivity contribution in [3.05, 3.63) is 87.9 Å². The van der Waals surface area contributed by atoms with Crippen LogP contribution >= 0.6 is 0 Å². The largest absolute Gasteiger partial charge is 1.00 e. The van der Waals surface area contributed by atoms with Gasteiger partial charge in [-0.2, -0.15) is 10.1 Å². The SMILES string of the molecule is O=C([O-])C1=NN(c2ccc(S(=O)(=O)[O-])cc2)C(=O)/C1=C/C=C/c1c(C(=O)[O-])[nH]n(-c2ccc(S(=O)(=O)[O-])cc2)c1=O.[K+].[K+].[K+].[K+]. The van der Waals surface area contributed by atoms with Crippen LogP contribution in [0.25, 0.3) is 11.8 Å². The van der Waals surface area contributed by atoms with E-state index in [2.05, 4.69) is 10.2 Å². The average molecular weight is 757 g/mol. The van der Waals surface area contributed by atoms with E-state index in [4.69, 9.17) is 0 Å². The molecule has 0 spiro atoms. The standard InChI is InChI=1S/C23H16N4O12S2.4K/c28-20-16(18(22(30)31)24-26(20)12-4-8-14(9-5-12)40(34,35)36)2-1-3-17-19(23(32)33)25-27(21(17)29)13-6-10-15(11-7-13)41(37,38)39;;;;/h1-11,24H,(H,30,31)(H,32,33)(H,34,35,36)(H,37,38,39);;;;/q;4*+1/p-4/b2-1+,17-3+;;;;. The summed E-state index contributed by atoms with van der Waals surface area (Å²) in [5.41, 5.74) is -3.76. The topological polar surface area (TPSA) is 265 Å². The van der Waals surface area contributed by atoms with E-state index in [9.17, 15) is 55.3 Å². The van der Waals surface area contributed by atoms with Gasteiger partial charge in [-0.05, 0) is 60.7 Å². The van der Waals surface area contributed by atoms with Crippen LogP contribution in [0.3, 0.4) is 0 Å². The Hall–Kier alpha value is 1.38. The molecule has 0 fully saturated rings. The third-order valence-electron chi connectivity index (χ3n) is 5.48. The van der Waals surface area contributed by atoms with Gasteiger partial charge in [0.05, 0.1) is 49.9 Å². The molecule has 45 heavy (non-hydrogen) atoms. The first-order valence-electron chi connectivity index (χ1n) is 10.8. The first-order chi connectivity index (χ1) is 19.1. The maximum absolute atomic E-state index is 12.9. The Kier molecular flexibility index (Phi) is 19.7. The van der Waals surface area contributed by atoms with Gasteiger partial charge < -0.3 is 28.9 Å². The molecule has 1 amide bonds. The molecule has 16 nitrogen and oxygen atoms in total. The number of carboxylic acid groups (broad SMARTS) is 2. The summed E-state index contributed by atoms with van der Waals surface area (Å²) >= 11 is 0. The number of carbonyl (C=O) groups is 3. The van der Waals surface area contributed by atoms with Gasteiger partial charge >= 0.3 is 206 Å². The van der Waals surface area contributed by atoms with Gasteiger partial charge in [0.2, 0.25) is 0 Å². The fourth-order valence-corrected chi connectivity index (χ4v) is 4.53. The number of carboxylic acids is 2. The monoisotopic (exact) mass is 756 g/mol. The summed E-state index contributed by atoms with van der Waals surface area (Å²) in [6.45, 7) is 0. The molecule has 0 atom stereocenters. The van der Waals surface area contributed by atoms with E-state index in [-0.39, 0.29) is 217 Å². The molecule has 0 saturated heterocycles. The maximum atomic E-state index is 12.9. The maximum Gasteiger partial charge on any atom is 1.00 e. The van der Waals surface area contributed by atoms with Crippen molar-refractivity contribution in [2.24, 2.45) is 5.10 Å². The molecular weight excluding hydrogens is 745 g/mol. The molecule has 0 aliphatic carbocycles. The van der Waals surface area contributed by atoms with Crippen LogP contribution in [0.15, 0.2) is 85.9 Å². The number of anilines is 1. The molecule has 0 unspecified atom stereocenters. The number of hydrogen-bond acceptors (Lipinski definition) is 13. The molecule has 4 rings (SSSR count). The third-order valence-corrected chi connectivity index (χ3v) is 7.18. The zero-order valence-corrected chi connectivity index (χ0v) is 38.0. The Morgan fingerprint density at radius 3 is 1.64 bits per heavy atom. The Balaban J connectivity index is 0.00000484. The minimum absolute atomic E-state index is 0. The van der Waals surface area contributed by atoms with Crippen LogP contribution < -0.4 is 226 Å². The molecule has 1 aliphatic heterocycles. The van der Waals surface area contributed by atoms with E-state index in [1.165, 1.54) is 0 Å². The molecule has 1 aliphatic rings. The molecule has 2 aromatic carbocycles. The Morgan fingerprint density at radius 1 is 0.756 bits per heavy atom. The first kappa shape index (κ1) is 46.4. The zero-order chi connectivity index (χ0) is 30.3. The number of nitrogens with zero attached hydrogens (tertiary/aromatic N) is 3. The predicted octanol–water partition coefficient (Wildman–Crippen LogP) is -14.6. The number of aromatic nitrogens is 2. The Bertz CT molecular complexity index is 1990. The number of carbonyl (C=O) groups excluding carboxylic acids is 3. The van der Waals surface area contributed by atoms with Crippen LogP contribution in [-0.4, -0.2) is 59.3 Å². The van der Waals surface area contributed by atoms with Crippen LogP contribution in [0, 0.1) is 0 Å². The number of aromatic amines is 1. The van der Waals surface area contributed by atoms with E-state index in [0.717, 1.165) is 66.8 Å². The molecule has 0 radical (unpaired) electrons. The summed E-state index contributed by atoms with van der Waals surface area (Å²) in [6.07, 6.45) is 2.79. The summed E-state index contributed by atoms with van der Waals surface area (Å²) in [4.78, 5) is 47.8. The minimum atomic E-state index is -4.79. The van der Waals surface area contributed by atoms with Crippen LogP contribution in [-0.2, 0) is 29.8 Å². The van der Waals surface area contributed by atoms with Gasteiger partial charge in [-0.3, -0.25) is 14.7 Å². The number of amides is 1. The fraction of sp³-hybridized carbons (Fsp3) is 0.